The number of nitrogens with two attached hydrogens (primary N) is 1. The second-order valence-corrected chi connectivity index (χ2v) is 7.55. The fraction of sp³-hybridized carbons (Fsp3) is 0. The highest BCUT2D eigenvalue weighted by Crippen LogP contribution is 2.35. The summed E-state index contributed by atoms with van der Waals surface area (Å²) in [7, 11) is 0. The van der Waals surface area contributed by atoms with Crippen LogP contribution < -0.4 is 11.1 Å². The summed E-state index contributed by atoms with van der Waals surface area (Å²) >= 11 is 13.3. The number of carbonyl (C=O) groups excluding carboxylic acids is 1. The van der Waals surface area contributed by atoms with E-state index in [0.717, 1.165) is 16.6 Å². The number of pyridine rings is 2. The van der Waals surface area contributed by atoms with E-state index in [1.807, 2.05) is 24.3 Å². The van der Waals surface area contributed by atoms with Gasteiger partial charge in [0.25, 0.3) is 5.91 Å². The summed E-state index contributed by atoms with van der Waals surface area (Å²) < 4.78 is 0. The zero-order valence-electron chi connectivity index (χ0n) is 13.7. The molecule has 0 saturated carbocycles. The zero-order valence-corrected chi connectivity index (χ0v) is 16.1. The Morgan fingerprint density at radius 3 is 2.63 bits per heavy atom. The van der Waals surface area contributed by atoms with Crippen molar-refractivity contribution in [1.82, 2.24) is 9.97 Å². The Morgan fingerprint density at radius 2 is 1.85 bits per heavy atom. The maximum Gasteiger partial charge on any atom is 0.267 e. The quantitative estimate of drug-likeness (QED) is 0.463. The first kappa shape index (κ1) is 17.7. The monoisotopic (exact) mass is 414 g/mol. The third-order valence-corrected chi connectivity index (χ3v) is 5.63. The number of nitrogens with zero attached hydrogens (tertiary/aromatic N) is 2. The van der Waals surface area contributed by atoms with Gasteiger partial charge in [0.05, 0.1) is 22.1 Å². The van der Waals surface area contributed by atoms with Crippen LogP contribution in [0.1, 0.15) is 9.67 Å². The number of aromatic nitrogens is 2. The number of fused-ring (bicyclic) bond motifs is 1. The number of halogens is 2. The number of carbonyl (C=O) groups is 1. The van der Waals surface area contributed by atoms with Crippen LogP contribution in [0.3, 0.4) is 0 Å². The molecule has 0 atom stereocenters. The third-order valence-electron chi connectivity index (χ3n) is 3.95. The summed E-state index contributed by atoms with van der Waals surface area (Å²) in [6.45, 7) is 0. The third kappa shape index (κ3) is 3.47. The molecule has 0 spiro atoms. The van der Waals surface area contributed by atoms with E-state index in [9.17, 15) is 4.79 Å². The molecule has 0 radical (unpaired) electrons. The van der Waals surface area contributed by atoms with Gasteiger partial charge in [-0.05, 0) is 42.5 Å². The first-order chi connectivity index (χ1) is 13.0. The highest BCUT2D eigenvalue weighted by molar-refractivity contribution is 7.21. The molecule has 1 amide bonds. The molecule has 0 saturated heterocycles. The minimum absolute atomic E-state index is 0.356. The molecule has 0 aliphatic heterocycles. The molecule has 0 bridgehead atoms. The molecule has 3 N–H and O–H groups in total. The number of anilines is 2. The van der Waals surface area contributed by atoms with E-state index in [1.54, 1.807) is 30.6 Å². The van der Waals surface area contributed by atoms with E-state index < -0.39 is 0 Å². The van der Waals surface area contributed by atoms with Gasteiger partial charge in [0.1, 0.15) is 9.71 Å². The van der Waals surface area contributed by atoms with Crippen LogP contribution in [0, 0.1) is 0 Å². The molecule has 0 aliphatic carbocycles. The molecule has 27 heavy (non-hydrogen) atoms. The van der Waals surface area contributed by atoms with Crippen molar-refractivity contribution in [1.29, 1.82) is 0 Å². The summed E-state index contributed by atoms with van der Waals surface area (Å²) in [5, 5.41) is 4.36. The van der Waals surface area contributed by atoms with Crippen molar-refractivity contribution in [3.8, 4) is 11.3 Å². The van der Waals surface area contributed by atoms with E-state index in [2.05, 4.69) is 15.3 Å². The molecule has 8 heteroatoms. The van der Waals surface area contributed by atoms with Gasteiger partial charge in [-0.3, -0.25) is 9.78 Å². The molecule has 0 aliphatic rings. The number of rotatable bonds is 3. The molecule has 1 aromatic carbocycles. The topological polar surface area (TPSA) is 80.9 Å². The van der Waals surface area contributed by atoms with Gasteiger partial charge in [-0.25, -0.2) is 4.98 Å². The van der Waals surface area contributed by atoms with Crippen LogP contribution in [-0.4, -0.2) is 15.9 Å². The second kappa shape index (κ2) is 7.15. The van der Waals surface area contributed by atoms with Crippen LogP contribution in [0.5, 0.6) is 0 Å². The smallest absolute Gasteiger partial charge is 0.267 e. The Bertz CT molecular complexity index is 1160. The van der Waals surface area contributed by atoms with Gasteiger partial charge < -0.3 is 11.1 Å². The zero-order chi connectivity index (χ0) is 19.0. The fourth-order valence-electron chi connectivity index (χ4n) is 2.62. The Kier molecular flexibility index (Phi) is 4.70. The number of amides is 1. The van der Waals surface area contributed by atoms with Crippen LogP contribution in [0.15, 0.2) is 54.9 Å². The van der Waals surface area contributed by atoms with Crippen molar-refractivity contribution in [2.45, 2.75) is 0 Å². The molecule has 3 heterocycles. The van der Waals surface area contributed by atoms with Crippen molar-refractivity contribution >= 4 is 62.0 Å². The maximum absolute atomic E-state index is 12.7. The number of thiophene rings is 1. The molecule has 0 unspecified atom stereocenters. The number of hydrogen-bond donors (Lipinski definition) is 2. The molecule has 4 aromatic rings. The molecular weight excluding hydrogens is 403 g/mol. The second-order valence-electron chi connectivity index (χ2n) is 5.71. The molecule has 5 nitrogen and oxygen atoms in total. The summed E-state index contributed by atoms with van der Waals surface area (Å²) in [5.41, 5.74) is 8.73. The van der Waals surface area contributed by atoms with Crippen LogP contribution in [0.2, 0.25) is 10.0 Å². The SMILES string of the molecule is Nc1c(C(=O)Nc2cc(Cl)ccc2Cl)sc2nc(-c3ccncc3)ccc12. The first-order valence-corrected chi connectivity index (χ1v) is 9.46. The van der Waals surface area contributed by atoms with E-state index >= 15 is 0 Å². The van der Waals surface area contributed by atoms with Crippen molar-refractivity contribution in [2.75, 3.05) is 11.1 Å². The Morgan fingerprint density at radius 1 is 1.07 bits per heavy atom. The van der Waals surface area contributed by atoms with E-state index in [1.165, 1.54) is 11.3 Å². The molecule has 134 valence electrons. The minimum atomic E-state index is -0.356. The predicted molar refractivity (Wildman–Crippen MR) is 112 cm³/mol. The summed E-state index contributed by atoms with van der Waals surface area (Å²) in [6.07, 6.45) is 3.41. The Labute approximate surface area is 168 Å². The predicted octanol–water partition coefficient (Wildman–Crippen LogP) is 5.50. The van der Waals surface area contributed by atoms with Crippen LogP contribution in [0.4, 0.5) is 11.4 Å². The molecule has 0 fully saturated rings. The van der Waals surface area contributed by atoms with Crippen molar-refractivity contribution in [3.05, 3.63) is 69.8 Å². The highest BCUT2D eigenvalue weighted by Gasteiger charge is 2.19. The summed E-state index contributed by atoms with van der Waals surface area (Å²) in [5.74, 6) is -0.356. The summed E-state index contributed by atoms with van der Waals surface area (Å²) in [6, 6.07) is 12.3. The summed E-state index contributed by atoms with van der Waals surface area (Å²) in [4.78, 5) is 22.4. The average Bonchev–Trinajstić information content (AvgIpc) is 3.01. The average molecular weight is 415 g/mol. The van der Waals surface area contributed by atoms with Crippen molar-refractivity contribution in [3.63, 3.8) is 0 Å². The van der Waals surface area contributed by atoms with Crippen LogP contribution in [0.25, 0.3) is 21.5 Å². The van der Waals surface area contributed by atoms with Gasteiger partial charge in [0.2, 0.25) is 0 Å². The largest absolute Gasteiger partial charge is 0.397 e. The number of benzene rings is 1. The number of nitrogen functional groups attached to an aromatic ring is 1. The van der Waals surface area contributed by atoms with Gasteiger partial charge in [-0.2, -0.15) is 0 Å². The van der Waals surface area contributed by atoms with Gasteiger partial charge in [-0.15, -0.1) is 11.3 Å². The lowest BCUT2D eigenvalue weighted by Gasteiger charge is -2.07. The Hall–Kier alpha value is -2.67. The Balaban J connectivity index is 1.70. The lowest BCUT2D eigenvalue weighted by molar-refractivity contribution is 0.103. The van der Waals surface area contributed by atoms with Crippen molar-refractivity contribution < 1.29 is 4.79 Å². The van der Waals surface area contributed by atoms with Gasteiger partial charge in [-0.1, -0.05) is 23.2 Å². The van der Waals surface area contributed by atoms with Crippen molar-refractivity contribution in [2.24, 2.45) is 0 Å². The van der Waals surface area contributed by atoms with Crippen LogP contribution >= 0.6 is 34.5 Å². The van der Waals surface area contributed by atoms with Gasteiger partial charge in [0.15, 0.2) is 0 Å². The normalized spacial score (nSPS) is 10.9. The van der Waals surface area contributed by atoms with Crippen LogP contribution in [-0.2, 0) is 0 Å². The molecule has 4 rings (SSSR count). The van der Waals surface area contributed by atoms with Gasteiger partial charge >= 0.3 is 0 Å². The highest BCUT2D eigenvalue weighted by atomic mass is 35.5. The lowest BCUT2D eigenvalue weighted by atomic mass is 10.1. The number of nitrogens with one attached hydrogen (secondary N) is 1. The maximum atomic E-state index is 12.7. The lowest BCUT2D eigenvalue weighted by Crippen LogP contribution is -2.12. The van der Waals surface area contributed by atoms with E-state index in [0.29, 0.717) is 31.1 Å². The van der Waals surface area contributed by atoms with E-state index in [-0.39, 0.29) is 5.91 Å². The fourth-order valence-corrected chi connectivity index (χ4v) is 3.95. The standard InChI is InChI=1S/C19H12Cl2N4OS/c20-11-1-3-13(21)15(9-11)24-18(26)17-16(22)12-2-4-14(25-19(12)27-17)10-5-7-23-8-6-10/h1-9H,22H2,(H,24,26). The number of hydrogen-bond acceptors (Lipinski definition) is 5. The first-order valence-electron chi connectivity index (χ1n) is 7.89. The molecule has 3 aromatic heterocycles. The molecular formula is C19H12Cl2N4OS. The van der Waals surface area contributed by atoms with E-state index in [4.69, 9.17) is 28.9 Å². The minimum Gasteiger partial charge on any atom is -0.397 e. The van der Waals surface area contributed by atoms with Gasteiger partial charge in [0, 0.05) is 28.4 Å².